The van der Waals surface area contributed by atoms with Crippen LogP contribution in [0.15, 0.2) is 6.07 Å². The van der Waals surface area contributed by atoms with E-state index in [1.807, 2.05) is 13.8 Å². The van der Waals surface area contributed by atoms with E-state index in [9.17, 15) is 4.79 Å². The number of carbonyl (C=O) groups is 1. The molecule has 0 saturated heterocycles. The maximum Gasteiger partial charge on any atom is 0.253 e. The standard InChI is InChI=1S/C13H19Br2N3O/c1-4-11-10(6-9(3)17-18-11)12(19)16-13(5-2,7-14)8-15/h6H,4-5,7-8H2,1-3H3,(H,16,19). The van der Waals surface area contributed by atoms with Crippen molar-refractivity contribution in [3.8, 4) is 0 Å². The number of hydrogen-bond acceptors (Lipinski definition) is 3. The lowest BCUT2D eigenvalue weighted by atomic mass is 10.0. The summed E-state index contributed by atoms with van der Waals surface area (Å²) in [6, 6.07) is 1.80. The molecule has 1 rings (SSSR count). The van der Waals surface area contributed by atoms with Crippen LogP contribution in [0, 0.1) is 6.92 Å². The summed E-state index contributed by atoms with van der Waals surface area (Å²) in [5.74, 6) is -0.0874. The first-order valence-corrected chi connectivity index (χ1v) is 8.53. The van der Waals surface area contributed by atoms with Crippen LogP contribution in [0.1, 0.15) is 42.0 Å². The number of amides is 1. The van der Waals surface area contributed by atoms with Crippen LogP contribution < -0.4 is 5.32 Å². The van der Waals surface area contributed by atoms with Gasteiger partial charge in [0.2, 0.25) is 0 Å². The molecule has 0 atom stereocenters. The average molecular weight is 393 g/mol. The minimum absolute atomic E-state index is 0.0874. The highest BCUT2D eigenvalue weighted by Crippen LogP contribution is 2.18. The average Bonchev–Trinajstić information content (AvgIpc) is 2.44. The van der Waals surface area contributed by atoms with E-state index in [0.717, 1.165) is 17.8 Å². The van der Waals surface area contributed by atoms with Crippen molar-refractivity contribution in [1.82, 2.24) is 15.5 Å². The number of hydrogen-bond donors (Lipinski definition) is 1. The molecule has 1 aromatic heterocycles. The lowest BCUT2D eigenvalue weighted by Gasteiger charge is -2.30. The van der Waals surface area contributed by atoms with Crippen LogP contribution in [0.2, 0.25) is 0 Å². The van der Waals surface area contributed by atoms with Gasteiger partial charge in [-0.2, -0.15) is 10.2 Å². The monoisotopic (exact) mass is 391 g/mol. The molecule has 4 nitrogen and oxygen atoms in total. The highest BCUT2D eigenvalue weighted by molar-refractivity contribution is 9.09. The summed E-state index contributed by atoms with van der Waals surface area (Å²) in [4.78, 5) is 12.4. The molecule has 0 aromatic carbocycles. The number of aryl methyl sites for hydroxylation is 2. The van der Waals surface area contributed by atoms with E-state index in [4.69, 9.17) is 0 Å². The van der Waals surface area contributed by atoms with Crippen molar-refractivity contribution in [2.45, 2.75) is 39.2 Å². The van der Waals surface area contributed by atoms with E-state index in [0.29, 0.717) is 22.6 Å². The Labute approximate surface area is 131 Å². The normalized spacial score (nSPS) is 11.4. The molecule has 0 unspecified atom stereocenters. The molecule has 0 spiro atoms. The number of rotatable bonds is 6. The molecule has 0 aliphatic rings. The van der Waals surface area contributed by atoms with Gasteiger partial charge in [0.1, 0.15) is 0 Å². The van der Waals surface area contributed by atoms with Gasteiger partial charge in [-0.1, -0.05) is 45.7 Å². The Bertz CT molecular complexity index is 439. The number of carbonyl (C=O) groups excluding carboxylic acids is 1. The number of nitrogens with one attached hydrogen (secondary N) is 1. The molecule has 1 aromatic rings. The molecule has 0 radical (unpaired) electrons. The van der Waals surface area contributed by atoms with Crippen molar-refractivity contribution in [1.29, 1.82) is 0 Å². The lowest BCUT2D eigenvalue weighted by molar-refractivity contribution is 0.0913. The van der Waals surface area contributed by atoms with Crippen molar-refractivity contribution in [3.63, 3.8) is 0 Å². The summed E-state index contributed by atoms with van der Waals surface area (Å²) < 4.78 is 0. The molecule has 0 aliphatic heterocycles. The minimum Gasteiger partial charge on any atom is -0.345 e. The van der Waals surface area contributed by atoms with Gasteiger partial charge in [-0.3, -0.25) is 4.79 Å². The van der Waals surface area contributed by atoms with Gasteiger partial charge >= 0.3 is 0 Å². The molecule has 0 fully saturated rings. The van der Waals surface area contributed by atoms with Crippen LogP contribution in [0.4, 0.5) is 0 Å². The van der Waals surface area contributed by atoms with Crippen LogP contribution in [0.3, 0.4) is 0 Å². The van der Waals surface area contributed by atoms with Gasteiger partial charge in [-0.05, 0) is 25.8 Å². The van der Waals surface area contributed by atoms with E-state index >= 15 is 0 Å². The Morgan fingerprint density at radius 1 is 1.32 bits per heavy atom. The number of halogens is 2. The van der Waals surface area contributed by atoms with E-state index in [2.05, 4.69) is 54.3 Å². The van der Waals surface area contributed by atoms with Gasteiger partial charge in [0.15, 0.2) is 0 Å². The van der Waals surface area contributed by atoms with Gasteiger partial charge in [0, 0.05) is 10.7 Å². The van der Waals surface area contributed by atoms with Crippen molar-refractivity contribution in [3.05, 3.63) is 23.0 Å². The Balaban J connectivity index is 3.03. The largest absolute Gasteiger partial charge is 0.345 e. The molecule has 0 saturated carbocycles. The predicted molar refractivity (Wildman–Crippen MR) is 84.2 cm³/mol. The van der Waals surface area contributed by atoms with Gasteiger partial charge in [0.05, 0.1) is 22.5 Å². The van der Waals surface area contributed by atoms with Crippen molar-refractivity contribution >= 4 is 37.8 Å². The first kappa shape index (κ1) is 16.6. The van der Waals surface area contributed by atoms with E-state index < -0.39 is 0 Å². The van der Waals surface area contributed by atoms with Crippen LogP contribution in [0.25, 0.3) is 0 Å². The molecule has 0 aliphatic carbocycles. The maximum absolute atomic E-state index is 12.4. The molecule has 106 valence electrons. The summed E-state index contributed by atoms with van der Waals surface area (Å²) in [6.45, 7) is 5.86. The zero-order chi connectivity index (χ0) is 14.5. The highest BCUT2D eigenvalue weighted by Gasteiger charge is 2.29. The fourth-order valence-corrected chi connectivity index (χ4v) is 3.66. The summed E-state index contributed by atoms with van der Waals surface area (Å²) in [6.07, 6.45) is 1.53. The van der Waals surface area contributed by atoms with Crippen molar-refractivity contribution in [2.24, 2.45) is 0 Å². The third kappa shape index (κ3) is 3.99. The van der Waals surface area contributed by atoms with E-state index in [-0.39, 0.29) is 11.4 Å². The predicted octanol–water partition coefficient (Wildman–Crippen LogP) is 3.02. The maximum atomic E-state index is 12.4. The third-order valence-electron chi connectivity index (χ3n) is 3.14. The topological polar surface area (TPSA) is 54.9 Å². The molecular weight excluding hydrogens is 374 g/mol. The Morgan fingerprint density at radius 2 is 1.95 bits per heavy atom. The molecule has 1 N–H and O–H groups in total. The SMILES string of the molecule is CCc1nnc(C)cc1C(=O)NC(CC)(CBr)CBr. The van der Waals surface area contributed by atoms with Crippen LogP contribution in [-0.2, 0) is 6.42 Å². The van der Waals surface area contributed by atoms with Crippen LogP contribution in [0.5, 0.6) is 0 Å². The molecular formula is C13H19Br2N3O. The molecule has 6 heteroatoms. The van der Waals surface area contributed by atoms with Gasteiger partial charge in [0.25, 0.3) is 5.91 Å². The number of nitrogens with zero attached hydrogens (tertiary/aromatic N) is 2. The summed E-state index contributed by atoms with van der Waals surface area (Å²) >= 11 is 6.94. The Kier molecular flexibility index (Phi) is 6.39. The summed E-state index contributed by atoms with van der Waals surface area (Å²) in [5, 5.41) is 12.6. The quantitative estimate of drug-likeness (QED) is 0.757. The third-order valence-corrected chi connectivity index (χ3v) is 5.29. The second kappa shape index (κ2) is 7.33. The lowest BCUT2D eigenvalue weighted by Crippen LogP contribution is -2.51. The minimum atomic E-state index is -0.279. The second-order valence-corrected chi connectivity index (χ2v) is 5.68. The van der Waals surface area contributed by atoms with E-state index in [1.54, 1.807) is 6.07 Å². The van der Waals surface area contributed by atoms with Crippen LogP contribution >= 0.6 is 31.9 Å². The highest BCUT2D eigenvalue weighted by atomic mass is 79.9. The smallest absolute Gasteiger partial charge is 0.253 e. The van der Waals surface area contributed by atoms with Gasteiger partial charge in [-0.15, -0.1) is 0 Å². The van der Waals surface area contributed by atoms with Gasteiger partial charge < -0.3 is 5.32 Å². The molecule has 0 bridgehead atoms. The first-order valence-electron chi connectivity index (χ1n) is 6.29. The molecule has 19 heavy (non-hydrogen) atoms. The summed E-state index contributed by atoms with van der Waals surface area (Å²) in [7, 11) is 0. The molecule has 1 heterocycles. The van der Waals surface area contributed by atoms with Crippen LogP contribution in [-0.4, -0.2) is 32.3 Å². The summed E-state index contributed by atoms with van der Waals surface area (Å²) in [5.41, 5.74) is 1.83. The fourth-order valence-electron chi connectivity index (χ4n) is 1.66. The number of alkyl halides is 2. The second-order valence-electron chi connectivity index (χ2n) is 4.55. The van der Waals surface area contributed by atoms with Crippen molar-refractivity contribution < 1.29 is 4.79 Å². The Morgan fingerprint density at radius 3 is 2.42 bits per heavy atom. The van der Waals surface area contributed by atoms with Gasteiger partial charge in [-0.25, -0.2) is 0 Å². The van der Waals surface area contributed by atoms with E-state index in [1.165, 1.54) is 0 Å². The zero-order valence-corrected chi connectivity index (χ0v) is 14.6. The first-order chi connectivity index (χ1) is 9.01. The van der Waals surface area contributed by atoms with Crippen molar-refractivity contribution in [2.75, 3.05) is 10.7 Å². The number of aromatic nitrogens is 2. The Hall–Kier alpha value is -0.490. The zero-order valence-electron chi connectivity index (χ0n) is 11.5. The fraction of sp³-hybridized carbons (Fsp3) is 0.615. The molecule has 1 amide bonds.